The topological polar surface area (TPSA) is 27.1 Å². The fourth-order valence-corrected chi connectivity index (χ4v) is 2.33. The molecule has 68 valence electrons. The number of halogens is 2. The van der Waals surface area contributed by atoms with Gasteiger partial charge in [0.25, 0.3) is 0 Å². The highest BCUT2D eigenvalue weighted by molar-refractivity contribution is 14.1. The lowest BCUT2D eigenvalue weighted by Gasteiger charge is -1.97. The molecule has 2 heterocycles. The van der Waals surface area contributed by atoms with Gasteiger partial charge in [0.15, 0.2) is 5.65 Å². The van der Waals surface area contributed by atoms with E-state index in [1.807, 2.05) is 45.3 Å². The molecule has 0 N–H and O–H groups in total. The maximum absolute atomic E-state index is 4.92. The summed E-state index contributed by atoms with van der Waals surface area (Å²) in [7, 11) is 0. The van der Waals surface area contributed by atoms with Gasteiger partial charge in [-0.25, -0.2) is 7.50 Å². The third kappa shape index (κ3) is 2.00. The molecule has 0 aliphatic heterocycles. The van der Waals surface area contributed by atoms with Crippen LogP contribution in [0, 0.1) is 0 Å². The van der Waals surface area contributed by atoms with Gasteiger partial charge < -0.3 is 0 Å². The number of fused-ring (bicyclic) bond motifs is 1. The highest BCUT2D eigenvalue weighted by atomic mass is 127. The van der Waals surface area contributed by atoms with Crippen molar-refractivity contribution >= 4 is 62.2 Å². The van der Waals surface area contributed by atoms with Crippen LogP contribution in [0.2, 0.25) is 0 Å². The molecule has 13 heavy (non-hydrogen) atoms. The molecule has 0 fully saturated rings. The summed E-state index contributed by atoms with van der Waals surface area (Å²) in [6.45, 7) is 0. The number of hydrogen-bond donors (Lipinski definition) is 0. The van der Waals surface area contributed by atoms with Crippen molar-refractivity contribution in [2.45, 2.75) is 0 Å². The van der Waals surface area contributed by atoms with Crippen LogP contribution in [-0.2, 0) is 2.51 Å². The van der Waals surface area contributed by atoms with Gasteiger partial charge in [0.2, 0.25) is 0 Å². The fraction of sp³-hybridized carbons (Fsp3) is 0. The minimum Gasteiger partial charge on any atom is -0.251 e. The normalized spacial score (nSPS) is 10.9. The van der Waals surface area contributed by atoms with Crippen LogP contribution in [0.25, 0.3) is 11.0 Å². The van der Waals surface area contributed by atoms with Gasteiger partial charge >= 0.3 is 0 Å². The Hall–Kier alpha value is 0.210. The Balaban J connectivity index is 2.55. The average molecular weight is 371 g/mol. The molecular formula is C7H4BrIN2OS. The van der Waals surface area contributed by atoms with Crippen molar-refractivity contribution < 1.29 is 2.51 Å². The molecule has 0 aliphatic rings. The van der Waals surface area contributed by atoms with Crippen LogP contribution in [0.15, 0.2) is 29.0 Å². The van der Waals surface area contributed by atoms with Crippen LogP contribution in [0.5, 0.6) is 0 Å². The summed E-state index contributed by atoms with van der Waals surface area (Å²) < 4.78 is 7.78. The van der Waals surface area contributed by atoms with Crippen LogP contribution in [0.3, 0.4) is 0 Å². The summed E-state index contributed by atoms with van der Waals surface area (Å²) in [5.74, 6) is 0. The zero-order valence-electron chi connectivity index (χ0n) is 6.28. The minimum absolute atomic E-state index is 0.907. The highest BCUT2D eigenvalue weighted by Crippen LogP contribution is 2.23. The summed E-state index contributed by atoms with van der Waals surface area (Å²) in [4.78, 5) is 4.27. The molecule has 0 atom stereocenters. The molecule has 0 unspecified atom stereocenters. The van der Waals surface area contributed by atoms with E-state index in [1.165, 1.54) is 12.2 Å². The number of aromatic nitrogens is 2. The summed E-state index contributed by atoms with van der Waals surface area (Å²) in [6, 6.07) is 4.02. The highest BCUT2D eigenvalue weighted by Gasteiger charge is 2.02. The Morgan fingerprint density at radius 2 is 2.46 bits per heavy atom. The van der Waals surface area contributed by atoms with E-state index in [9.17, 15) is 0 Å². The first-order valence-corrected chi connectivity index (χ1v) is 5.77. The van der Waals surface area contributed by atoms with Crippen molar-refractivity contribution in [1.29, 1.82) is 0 Å². The third-order valence-corrected chi connectivity index (χ3v) is 3.00. The van der Waals surface area contributed by atoms with E-state index in [4.69, 9.17) is 2.51 Å². The second kappa shape index (κ2) is 4.16. The molecule has 2 rings (SSSR count). The van der Waals surface area contributed by atoms with Crippen molar-refractivity contribution in [3.8, 4) is 0 Å². The smallest absolute Gasteiger partial charge is 0.151 e. The molecule has 3 nitrogen and oxygen atoms in total. The monoisotopic (exact) mass is 370 g/mol. The largest absolute Gasteiger partial charge is 0.251 e. The average Bonchev–Trinajstić information content (AvgIpc) is 2.49. The Morgan fingerprint density at radius 1 is 1.62 bits per heavy atom. The predicted molar refractivity (Wildman–Crippen MR) is 65.5 cm³/mol. The summed E-state index contributed by atoms with van der Waals surface area (Å²) in [5.41, 5.74) is 0.907. The van der Waals surface area contributed by atoms with Gasteiger partial charge in [-0.05, 0) is 28.1 Å². The molecule has 2 aromatic rings. The fourth-order valence-electron chi connectivity index (χ4n) is 1.06. The summed E-state index contributed by atoms with van der Waals surface area (Å²) in [6.07, 6.45) is 3.69. The third-order valence-electron chi connectivity index (χ3n) is 1.57. The Bertz CT molecular complexity index is 433. The van der Waals surface area contributed by atoms with Crippen LogP contribution >= 0.6 is 51.2 Å². The molecule has 0 radical (unpaired) electrons. The number of hydrogen-bond acceptors (Lipinski definition) is 3. The molecule has 0 bridgehead atoms. The molecule has 0 aromatic carbocycles. The van der Waals surface area contributed by atoms with Gasteiger partial charge in [-0.3, -0.25) is 3.97 Å². The van der Waals surface area contributed by atoms with Crippen molar-refractivity contribution in [2.24, 2.45) is 0 Å². The zero-order valence-corrected chi connectivity index (χ0v) is 10.8. The first-order chi connectivity index (χ1) is 6.31. The van der Waals surface area contributed by atoms with E-state index in [0.29, 0.717) is 0 Å². The molecule has 0 saturated carbocycles. The lowest BCUT2D eigenvalue weighted by molar-refractivity contribution is 0.830. The van der Waals surface area contributed by atoms with E-state index < -0.39 is 0 Å². The van der Waals surface area contributed by atoms with E-state index in [-0.39, 0.29) is 0 Å². The molecule has 0 spiro atoms. The van der Waals surface area contributed by atoms with Gasteiger partial charge in [0.1, 0.15) is 35.2 Å². The van der Waals surface area contributed by atoms with Gasteiger partial charge in [-0.1, -0.05) is 0 Å². The number of nitrogens with zero attached hydrogens (tertiary/aromatic N) is 2. The molecule has 2 aromatic heterocycles. The Morgan fingerprint density at radius 3 is 3.23 bits per heavy atom. The van der Waals surface area contributed by atoms with Crippen molar-refractivity contribution in [3.05, 3.63) is 29.0 Å². The molecule has 0 aliphatic carbocycles. The van der Waals surface area contributed by atoms with Gasteiger partial charge in [0.05, 0.1) is 0 Å². The zero-order chi connectivity index (χ0) is 9.26. The van der Waals surface area contributed by atoms with E-state index in [0.717, 1.165) is 15.5 Å². The van der Waals surface area contributed by atoms with Gasteiger partial charge in [-0.2, -0.15) is 0 Å². The summed E-state index contributed by atoms with van der Waals surface area (Å²) in [5, 5.41) is 1.09. The number of pyridine rings is 1. The molecule has 0 amide bonds. The van der Waals surface area contributed by atoms with Crippen molar-refractivity contribution in [2.75, 3.05) is 0 Å². The van der Waals surface area contributed by atoms with Crippen LogP contribution in [-0.4, -0.2) is 8.96 Å². The maximum atomic E-state index is 4.92. The standard InChI is InChI=1S/C7H4BrIN2OS/c8-6-3-5-1-2-11(13-12-9)7(5)10-4-6/h1-4H. The van der Waals surface area contributed by atoms with Crippen molar-refractivity contribution in [3.63, 3.8) is 0 Å². The lowest BCUT2D eigenvalue weighted by atomic mass is 10.3. The Kier molecular flexibility index (Phi) is 3.12. The summed E-state index contributed by atoms with van der Waals surface area (Å²) >= 11 is 6.45. The van der Waals surface area contributed by atoms with Crippen LogP contribution in [0.1, 0.15) is 0 Å². The van der Waals surface area contributed by atoms with Crippen molar-refractivity contribution in [1.82, 2.24) is 8.96 Å². The minimum atomic E-state index is 0.907. The SMILES string of the molecule is Brc1cnc2c(ccn2SOI)c1. The number of rotatable bonds is 2. The van der Waals surface area contributed by atoms with Gasteiger partial charge in [0, 0.05) is 22.3 Å². The first kappa shape index (κ1) is 9.75. The second-order valence-corrected chi connectivity index (χ2v) is 5.01. The molecule has 6 heteroatoms. The lowest BCUT2D eigenvalue weighted by Crippen LogP contribution is -1.85. The molecule has 0 saturated heterocycles. The predicted octanol–water partition coefficient (Wildman–Crippen LogP) is 3.58. The van der Waals surface area contributed by atoms with Crippen LogP contribution < -0.4 is 0 Å². The van der Waals surface area contributed by atoms with E-state index in [2.05, 4.69) is 20.9 Å². The maximum Gasteiger partial charge on any atom is 0.151 e. The molecular weight excluding hydrogens is 367 g/mol. The van der Waals surface area contributed by atoms with E-state index in [1.54, 1.807) is 6.20 Å². The first-order valence-electron chi connectivity index (χ1n) is 3.39. The second-order valence-electron chi connectivity index (χ2n) is 2.35. The quantitative estimate of drug-likeness (QED) is 0.597. The van der Waals surface area contributed by atoms with E-state index >= 15 is 0 Å². The van der Waals surface area contributed by atoms with Gasteiger partial charge in [-0.15, -0.1) is 0 Å². The van der Waals surface area contributed by atoms with Crippen LogP contribution in [0.4, 0.5) is 0 Å². The Labute approximate surface area is 102 Å².